The van der Waals surface area contributed by atoms with Gasteiger partial charge >= 0.3 is 12.2 Å². The molecule has 4 aromatic rings. The number of nitrogens with zero attached hydrogens (tertiary/aromatic N) is 5. The van der Waals surface area contributed by atoms with Crippen LogP contribution in [0, 0.1) is 6.92 Å². The Labute approximate surface area is 252 Å². The van der Waals surface area contributed by atoms with E-state index in [1.165, 1.54) is 6.33 Å². The first kappa shape index (κ1) is 31.5. The van der Waals surface area contributed by atoms with Gasteiger partial charge in [-0.05, 0) is 88.1 Å². The molecular weight excluding hydrogens is 583 g/mol. The number of pyridine rings is 1. The minimum atomic E-state index is -4.65. The summed E-state index contributed by atoms with van der Waals surface area (Å²) in [6.45, 7) is 3.07. The second-order valence-corrected chi connectivity index (χ2v) is 10.4. The summed E-state index contributed by atoms with van der Waals surface area (Å²) in [5, 5.41) is 5.11. The number of aromatic nitrogens is 3. The van der Waals surface area contributed by atoms with Gasteiger partial charge < -0.3 is 25.2 Å². The minimum absolute atomic E-state index is 0.0613. The van der Waals surface area contributed by atoms with Gasteiger partial charge in [0, 0.05) is 31.7 Å². The maximum absolute atomic E-state index is 13.6. The molecule has 0 aliphatic carbocycles. The van der Waals surface area contributed by atoms with Crippen molar-refractivity contribution in [2.75, 3.05) is 49.8 Å². The third-order valence-corrected chi connectivity index (χ3v) is 6.68. The molecule has 43 heavy (non-hydrogen) atoms. The predicted octanol–water partition coefficient (Wildman–Crippen LogP) is 7.34. The quantitative estimate of drug-likeness (QED) is 0.193. The van der Waals surface area contributed by atoms with E-state index in [0.717, 1.165) is 25.1 Å². The maximum atomic E-state index is 13.6. The fourth-order valence-electron chi connectivity index (χ4n) is 4.33. The average molecular weight is 614 g/mol. The van der Waals surface area contributed by atoms with E-state index in [1.54, 1.807) is 61.6 Å². The first-order chi connectivity index (χ1) is 20.4. The Morgan fingerprint density at radius 3 is 2.47 bits per heavy atom. The van der Waals surface area contributed by atoms with Gasteiger partial charge in [0.2, 0.25) is 5.88 Å². The Morgan fingerprint density at radius 1 is 1.00 bits per heavy atom. The lowest BCUT2D eigenvalue weighted by molar-refractivity contribution is -0.137. The standard InChI is InChI=1S/C30H31ClF3N7O2/c1-19-15-21(8-9-26(19)43-28-22(7-5-11-36-28)24-10-12-35-18-37-24)38-29(42)39-25-17-20(30(32,33)34)16-23(31)27(25)41(4)14-6-13-40(2)3/h5,7-12,15-18H,6,13-14H2,1-4H3,(H2,38,39,42). The molecule has 0 aliphatic heterocycles. The van der Waals surface area contributed by atoms with Crippen LogP contribution in [0.3, 0.4) is 0 Å². The molecule has 0 atom stereocenters. The summed E-state index contributed by atoms with van der Waals surface area (Å²) in [6.07, 6.45) is 0.743. The molecule has 2 N–H and O–H groups in total. The predicted molar refractivity (Wildman–Crippen MR) is 162 cm³/mol. The van der Waals surface area contributed by atoms with Crippen LogP contribution in [0.2, 0.25) is 5.02 Å². The minimum Gasteiger partial charge on any atom is -0.438 e. The van der Waals surface area contributed by atoms with Crippen LogP contribution in [-0.2, 0) is 6.18 Å². The monoisotopic (exact) mass is 613 g/mol. The molecule has 2 amide bonds. The van der Waals surface area contributed by atoms with E-state index in [-0.39, 0.29) is 10.7 Å². The van der Waals surface area contributed by atoms with Crippen molar-refractivity contribution < 1.29 is 22.7 Å². The number of ether oxygens (including phenoxy) is 1. The average Bonchev–Trinajstić information content (AvgIpc) is 2.94. The molecule has 9 nitrogen and oxygen atoms in total. The smallest absolute Gasteiger partial charge is 0.416 e. The molecule has 13 heteroatoms. The van der Waals surface area contributed by atoms with Crippen LogP contribution in [0.1, 0.15) is 17.5 Å². The van der Waals surface area contributed by atoms with Crippen LogP contribution in [0.5, 0.6) is 11.6 Å². The highest BCUT2D eigenvalue weighted by Gasteiger charge is 2.33. The number of benzene rings is 2. The molecule has 0 saturated heterocycles. The van der Waals surface area contributed by atoms with Crippen LogP contribution < -0.4 is 20.3 Å². The molecule has 2 aromatic heterocycles. The fraction of sp³-hybridized carbons (Fsp3) is 0.267. The summed E-state index contributed by atoms with van der Waals surface area (Å²) >= 11 is 6.33. The van der Waals surface area contributed by atoms with E-state index < -0.39 is 17.8 Å². The highest BCUT2D eigenvalue weighted by atomic mass is 35.5. The van der Waals surface area contributed by atoms with Crippen molar-refractivity contribution in [2.24, 2.45) is 0 Å². The number of hydrogen-bond donors (Lipinski definition) is 2. The summed E-state index contributed by atoms with van der Waals surface area (Å²) in [6, 6.07) is 11.3. The maximum Gasteiger partial charge on any atom is 0.416 e. The molecular formula is C30H31ClF3N7O2. The van der Waals surface area contributed by atoms with Crippen LogP contribution in [0.15, 0.2) is 67.3 Å². The van der Waals surface area contributed by atoms with Gasteiger partial charge in [-0.2, -0.15) is 13.2 Å². The zero-order chi connectivity index (χ0) is 31.1. The van der Waals surface area contributed by atoms with Gasteiger partial charge in [0.1, 0.15) is 12.1 Å². The number of urea groups is 1. The molecule has 0 radical (unpaired) electrons. The molecule has 0 unspecified atom stereocenters. The second kappa shape index (κ2) is 13.7. The van der Waals surface area contributed by atoms with Gasteiger partial charge in [-0.25, -0.2) is 19.7 Å². The molecule has 2 aromatic carbocycles. The molecule has 4 rings (SSSR count). The molecule has 0 spiro atoms. The molecule has 0 bridgehead atoms. The number of carbonyl (C=O) groups is 1. The number of rotatable bonds is 10. The van der Waals surface area contributed by atoms with Gasteiger partial charge in [0.25, 0.3) is 0 Å². The fourth-order valence-corrected chi connectivity index (χ4v) is 4.69. The Kier molecular flexibility index (Phi) is 10.0. The van der Waals surface area contributed by atoms with E-state index in [1.807, 2.05) is 25.1 Å². The zero-order valence-electron chi connectivity index (χ0n) is 24.0. The van der Waals surface area contributed by atoms with E-state index in [0.29, 0.717) is 46.4 Å². The Balaban J connectivity index is 1.52. The van der Waals surface area contributed by atoms with Crippen molar-refractivity contribution in [3.8, 4) is 22.9 Å². The van der Waals surface area contributed by atoms with Gasteiger partial charge in [0.15, 0.2) is 0 Å². The Morgan fingerprint density at radius 2 is 1.79 bits per heavy atom. The van der Waals surface area contributed by atoms with Gasteiger partial charge in [-0.15, -0.1) is 0 Å². The number of carbonyl (C=O) groups excluding carboxylic acids is 1. The summed E-state index contributed by atoms with van der Waals surface area (Å²) in [5.41, 5.74) is 1.66. The second-order valence-electron chi connectivity index (χ2n) is 10.0. The topological polar surface area (TPSA) is 95.5 Å². The van der Waals surface area contributed by atoms with Crippen molar-refractivity contribution in [1.82, 2.24) is 19.9 Å². The van der Waals surface area contributed by atoms with Crippen molar-refractivity contribution in [3.63, 3.8) is 0 Å². The molecule has 226 valence electrons. The van der Waals surface area contributed by atoms with Gasteiger partial charge in [-0.1, -0.05) is 11.6 Å². The molecule has 0 saturated carbocycles. The number of halogens is 4. The summed E-state index contributed by atoms with van der Waals surface area (Å²) in [5.74, 6) is 0.831. The Bertz CT molecular complexity index is 1570. The highest BCUT2D eigenvalue weighted by Crippen LogP contribution is 2.40. The Hall–Kier alpha value is -4.42. The van der Waals surface area contributed by atoms with Gasteiger partial charge in [0.05, 0.1) is 33.2 Å². The largest absolute Gasteiger partial charge is 0.438 e. The first-order valence-electron chi connectivity index (χ1n) is 13.3. The van der Waals surface area contributed by atoms with Crippen molar-refractivity contribution in [3.05, 3.63) is 83.4 Å². The number of aryl methyl sites for hydroxylation is 1. The molecule has 2 heterocycles. The summed E-state index contributed by atoms with van der Waals surface area (Å²) in [4.78, 5) is 29.2. The van der Waals surface area contributed by atoms with E-state index >= 15 is 0 Å². The van der Waals surface area contributed by atoms with Crippen molar-refractivity contribution in [1.29, 1.82) is 0 Å². The third-order valence-electron chi connectivity index (χ3n) is 6.39. The molecule has 0 fully saturated rings. The third kappa shape index (κ3) is 8.33. The van der Waals surface area contributed by atoms with Crippen molar-refractivity contribution in [2.45, 2.75) is 19.5 Å². The summed E-state index contributed by atoms with van der Waals surface area (Å²) in [7, 11) is 5.57. The SMILES string of the molecule is Cc1cc(NC(=O)Nc2cc(C(F)(F)F)cc(Cl)c2N(C)CCCN(C)C)ccc1Oc1ncccc1-c1ccncn1. The van der Waals surface area contributed by atoms with Crippen LogP contribution in [-0.4, -0.2) is 60.1 Å². The normalized spacial score (nSPS) is 11.4. The number of alkyl halides is 3. The zero-order valence-corrected chi connectivity index (χ0v) is 24.8. The lowest BCUT2D eigenvalue weighted by Gasteiger charge is -2.26. The number of anilines is 3. The van der Waals surface area contributed by atoms with E-state index in [9.17, 15) is 18.0 Å². The highest BCUT2D eigenvalue weighted by molar-refractivity contribution is 6.34. The van der Waals surface area contributed by atoms with Crippen LogP contribution in [0.25, 0.3) is 11.3 Å². The van der Waals surface area contributed by atoms with Crippen LogP contribution in [0.4, 0.5) is 35.0 Å². The first-order valence-corrected chi connectivity index (χ1v) is 13.6. The number of nitrogens with one attached hydrogen (secondary N) is 2. The lowest BCUT2D eigenvalue weighted by Crippen LogP contribution is -2.26. The van der Waals surface area contributed by atoms with E-state index in [2.05, 4.69) is 25.6 Å². The van der Waals surface area contributed by atoms with Gasteiger partial charge in [-0.3, -0.25) is 0 Å². The van der Waals surface area contributed by atoms with E-state index in [4.69, 9.17) is 16.3 Å². The van der Waals surface area contributed by atoms with Crippen LogP contribution >= 0.6 is 11.6 Å². The van der Waals surface area contributed by atoms with Crippen molar-refractivity contribution >= 4 is 34.7 Å². The number of hydrogen-bond acceptors (Lipinski definition) is 7. The molecule has 0 aliphatic rings. The number of amides is 2. The lowest BCUT2D eigenvalue weighted by atomic mass is 10.1. The summed E-state index contributed by atoms with van der Waals surface area (Å²) < 4.78 is 46.8.